The van der Waals surface area contributed by atoms with Gasteiger partial charge in [-0.25, -0.2) is 0 Å². The van der Waals surface area contributed by atoms with E-state index in [1.807, 2.05) is 0 Å². The third kappa shape index (κ3) is 3.61. The Balaban J connectivity index is 2.59. The molecule has 0 aromatic heterocycles. The topological polar surface area (TPSA) is 6.48 Å². The molecule has 86 valence electrons. The summed E-state index contributed by atoms with van der Waals surface area (Å²) in [6, 6.07) is 0. The van der Waals surface area contributed by atoms with Crippen molar-refractivity contribution in [3.8, 4) is 0 Å². The van der Waals surface area contributed by atoms with Crippen molar-refractivity contribution >= 4 is 0 Å². The van der Waals surface area contributed by atoms with E-state index >= 15 is 0 Å². The quantitative estimate of drug-likeness (QED) is 0.658. The van der Waals surface area contributed by atoms with Crippen LogP contribution in [-0.4, -0.2) is 37.0 Å². The summed E-state index contributed by atoms with van der Waals surface area (Å²) in [4.78, 5) is 4.50. The van der Waals surface area contributed by atoms with E-state index < -0.39 is 0 Å². The molecule has 0 amide bonds. The van der Waals surface area contributed by atoms with Crippen LogP contribution in [0, 0.1) is 5.92 Å². The molecule has 0 aromatic rings. The SMILES string of the molecule is C=C(/C(C)=C\N(C)C)N1CCCC(C)C1. The van der Waals surface area contributed by atoms with Gasteiger partial charge in [-0.1, -0.05) is 13.5 Å². The Morgan fingerprint density at radius 3 is 2.67 bits per heavy atom. The molecule has 1 atom stereocenters. The zero-order valence-corrected chi connectivity index (χ0v) is 10.6. The summed E-state index contributed by atoms with van der Waals surface area (Å²) in [7, 11) is 4.10. The lowest BCUT2D eigenvalue weighted by molar-refractivity contribution is 0.233. The van der Waals surface area contributed by atoms with Gasteiger partial charge in [0, 0.05) is 39.1 Å². The van der Waals surface area contributed by atoms with Gasteiger partial charge in [0.05, 0.1) is 0 Å². The van der Waals surface area contributed by atoms with Crippen molar-refractivity contribution in [3.63, 3.8) is 0 Å². The second kappa shape index (κ2) is 5.24. The first kappa shape index (κ1) is 12.2. The molecule has 1 unspecified atom stereocenters. The predicted octanol–water partition coefficient (Wildman–Crippen LogP) is 2.70. The Labute approximate surface area is 94.3 Å². The van der Waals surface area contributed by atoms with Crippen LogP contribution in [0.4, 0.5) is 0 Å². The number of nitrogens with zero attached hydrogens (tertiary/aromatic N) is 2. The maximum absolute atomic E-state index is 4.20. The second-order valence-corrected chi connectivity index (χ2v) is 4.92. The third-order valence-corrected chi connectivity index (χ3v) is 2.95. The Kier molecular flexibility index (Phi) is 4.25. The van der Waals surface area contributed by atoms with Gasteiger partial charge in [0.1, 0.15) is 0 Å². The average molecular weight is 208 g/mol. The van der Waals surface area contributed by atoms with Crippen LogP contribution in [0.15, 0.2) is 24.0 Å². The normalized spacial score (nSPS) is 22.8. The first-order valence-corrected chi connectivity index (χ1v) is 5.79. The van der Waals surface area contributed by atoms with Crippen molar-refractivity contribution in [3.05, 3.63) is 24.0 Å². The standard InChI is InChI=1S/C13H24N2/c1-11-7-6-8-15(9-11)13(3)12(2)10-14(4)5/h10-11H,3,6-9H2,1-2,4-5H3/b12-10-. The molecule has 2 heteroatoms. The van der Waals surface area contributed by atoms with Crippen molar-refractivity contribution < 1.29 is 0 Å². The summed E-state index contributed by atoms with van der Waals surface area (Å²) in [5.41, 5.74) is 2.46. The fraction of sp³-hybridized carbons (Fsp3) is 0.692. The van der Waals surface area contributed by atoms with Crippen LogP contribution in [0.3, 0.4) is 0 Å². The van der Waals surface area contributed by atoms with E-state index in [0.717, 1.165) is 12.5 Å². The van der Waals surface area contributed by atoms with Gasteiger partial charge in [0.15, 0.2) is 0 Å². The molecule has 2 nitrogen and oxygen atoms in total. The van der Waals surface area contributed by atoms with Crippen molar-refractivity contribution in [2.75, 3.05) is 27.2 Å². The largest absolute Gasteiger partial charge is 0.383 e. The smallest absolute Gasteiger partial charge is 0.0337 e. The summed E-state index contributed by atoms with van der Waals surface area (Å²) in [5.74, 6) is 0.808. The molecule has 1 saturated heterocycles. The van der Waals surface area contributed by atoms with Crippen LogP contribution >= 0.6 is 0 Å². The summed E-state index contributed by atoms with van der Waals surface area (Å²) < 4.78 is 0. The number of likely N-dealkylation sites (tertiary alicyclic amines) is 1. The molecule has 0 radical (unpaired) electrons. The van der Waals surface area contributed by atoms with Gasteiger partial charge in [-0.2, -0.15) is 0 Å². The van der Waals surface area contributed by atoms with E-state index in [0.29, 0.717) is 0 Å². The molecule has 0 aliphatic carbocycles. The highest BCUT2D eigenvalue weighted by Crippen LogP contribution is 2.22. The van der Waals surface area contributed by atoms with E-state index in [1.54, 1.807) is 0 Å². The zero-order valence-electron chi connectivity index (χ0n) is 10.6. The lowest BCUT2D eigenvalue weighted by Gasteiger charge is -2.34. The van der Waals surface area contributed by atoms with Crippen molar-refractivity contribution in [2.45, 2.75) is 26.7 Å². The van der Waals surface area contributed by atoms with Crippen LogP contribution in [0.25, 0.3) is 0 Å². The zero-order chi connectivity index (χ0) is 11.4. The molecule has 0 aromatic carbocycles. The summed E-state index contributed by atoms with van der Waals surface area (Å²) in [6.07, 6.45) is 4.80. The first-order chi connectivity index (χ1) is 7.00. The van der Waals surface area contributed by atoms with Crippen molar-refractivity contribution in [2.24, 2.45) is 5.92 Å². The minimum absolute atomic E-state index is 0.808. The lowest BCUT2D eigenvalue weighted by Crippen LogP contribution is -2.33. The molecular formula is C13H24N2. The molecule has 1 heterocycles. The van der Waals surface area contributed by atoms with E-state index in [4.69, 9.17) is 0 Å². The predicted molar refractivity (Wildman–Crippen MR) is 66.6 cm³/mol. The van der Waals surface area contributed by atoms with E-state index in [2.05, 4.69) is 50.5 Å². The van der Waals surface area contributed by atoms with Crippen molar-refractivity contribution in [1.29, 1.82) is 0 Å². The molecule has 1 aliphatic heterocycles. The summed E-state index contributed by atoms with van der Waals surface area (Å²) in [6.45, 7) is 11.0. The molecule has 0 bridgehead atoms. The number of allylic oxidation sites excluding steroid dienone is 1. The molecular weight excluding hydrogens is 184 g/mol. The maximum Gasteiger partial charge on any atom is 0.0337 e. The number of piperidine rings is 1. The van der Waals surface area contributed by atoms with Gasteiger partial charge in [-0.15, -0.1) is 0 Å². The van der Waals surface area contributed by atoms with Crippen LogP contribution < -0.4 is 0 Å². The summed E-state index contributed by atoms with van der Waals surface area (Å²) >= 11 is 0. The third-order valence-electron chi connectivity index (χ3n) is 2.95. The van der Waals surface area contributed by atoms with Crippen LogP contribution in [0.5, 0.6) is 0 Å². The molecule has 0 saturated carbocycles. The second-order valence-electron chi connectivity index (χ2n) is 4.92. The number of hydrogen-bond acceptors (Lipinski definition) is 2. The highest BCUT2D eigenvalue weighted by molar-refractivity contribution is 5.24. The molecule has 15 heavy (non-hydrogen) atoms. The molecule has 1 rings (SSSR count). The molecule has 0 N–H and O–H groups in total. The van der Waals surface area contributed by atoms with Gasteiger partial charge in [0.2, 0.25) is 0 Å². The molecule has 1 fully saturated rings. The van der Waals surface area contributed by atoms with Crippen molar-refractivity contribution in [1.82, 2.24) is 9.80 Å². The van der Waals surface area contributed by atoms with Gasteiger partial charge >= 0.3 is 0 Å². The van der Waals surface area contributed by atoms with Crippen LogP contribution in [-0.2, 0) is 0 Å². The Morgan fingerprint density at radius 2 is 2.13 bits per heavy atom. The van der Waals surface area contributed by atoms with E-state index in [1.165, 1.54) is 30.7 Å². The molecule has 0 spiro atoms. The minimum atomic E-state index is 0.808. The molecule has 1 aliphatic rings. The maximum atomic E-state index is 4.20. The summed E-state index contributed by atoms with van der Waals surface area (Å²) in [5, 5.41) is 0. The Bertz CT molecular complexity index is 253. The van der Waals surface area contributed by atoms with Gasteiger partial charge in [-0.3, -0.25) is 0 Å². The Hall–Kier alpha value is -0.920. The monoisotopic (exact) mass is 208 g/mol. The fourth-order valence-corrected chi connectivity index (χ4v) is 2.15. The highest BCUT2D eigenvalue weighted by Gasteiger charge is 2.17. The number of rotatable bonds is 3. The number of hydrogen-bond donors (Lipinski definition) is 0. The van der Waals surface area contributed by atoms with Gasteiger partial charge < -0.3 is 9.80 Å². The van der Waals surface area contributed by atoms with E-state index in [9.17, 15) is 0 Å². The Morgan fingerprint density at radius 1 is 1.47 bits per heavy atom. The minimum Gasteiger partial charge on any atom is -0.383 e. The lowest BCUT2D eigenvalue weighted by atomic mass is 9.99. The van der Waals surface area contributed by atoms with Gasteiger partial charge in [-0.05, 0) is 31.3 Å². The van der Waals surface area contributed by atoms with Crippen LogP contribution in [0.1, 0.15) is 26.7 Å². The highest BCUT2D eigenvalue weighted by atomic mass is 15.1. The first-order valence-electron chi connectivity index (χ1n) is 5.79. The average Bonchev–Trinajstić information content (AvgIpc) is 2.15. The van der Waals surface area contributed by atoms with Crippen LogP contribution in [0.2, 0.25) is 0 Å². The fourth-order valence-electron chi connectivity index (χ4n) is 2.15. The van der Waals surface area contributed by atoms with E-state index in [-0.39, 0.29) is 0 Å². The van der Waals surface area contributed by atoms with Gasteiger partial charge in [0.25, 0.3) is 0 Å².